The molecule has 7 amide bonds. The van der Waals surface area contributed by atoms with Crippen LogP contribution in [-0.4, -0.2) is 71.4 Å². The third-order valence-electron chi connectivity index (χ3n) is 6.66. The second-order valence-corrected chi connectivity index (χ2v) is 11.0. The number of benzene rings is 1. The molecule has 0 radical (unpaired) electrons. The average molecular weight is 633 g/mol. The number of unbranched alkanes of at least 4 members (excludes halogenated alkanes) is 2. The molecule has 1 heterocycles. The molecule has 15 heteroatoms. The number of nitrogens with zero attached hydrogens (tertiary/aromatic N) is 1. The molecular weight excluding hydrogens is 591 g/mol. The molecule has 14 nitrogen and oxygen atoms in total. The van der Waals surface area contributed by atoms with Gasteiger partial charge in [-0.2, -0.15) is 0 Å². The molecule has 1 unspecified atom stereocenters. The molecule has 0 aliphatic carbocycles. The molecule has 0 fully saturated rings. The maximum atomic E-state index is 13.3. The minimum atomic E-state index is -0.987. The zero-order chi connectivity index (χ0) is 32.6. The van der Waals surface area contributed by atoms with Crippen LogP contribution in [0.3, 0.4) is 0 Å². The number of imide groups is 1. The van der Waals surface area contributed by atoms with Gasteiger partial charge in [-0.1, -0.05) is 32.4 Å². The molecule has 0 saturated heterocycles. The molecule has 0 saturated carbocycles. The van der Waals surface area contributed by atoms with Gasteiger partial charge < -0.3 is 31.7 Å². The van der Waals surface area contributed by atoms with Crippen LogP contribution in [0.5, 0.6) is 0 Å². The summed E-state index contributed by atoms with van der Waals surface area (Å²) in [6.07, 6.45) is 4.77. The molecule has 0 aromatic heterocycles. The normalized spacial score (nSPS) is 13.8. The van der Waals surface area contributed by atoms with Crippen molar-refractivity contribution >= 4 is 56.2 Å². The number of primary amides is 1. The van der Waals surface area contributed by atoms with Crippen LogP contribution in [0.1, 0.15) is 57.9 Å². The number of urea groups is 1. The van der Waals surface area contributed by atoms with E-state index in [1.165, 1.54) is 12.2 Å². The molecule has 1 aromatic rings. The quantitative estimate of drug-likeness (QED) is 0.0912. The Balaban J connectivity index is 1.94. The molecule has 1 aliphatic rings. The smallest absolute Gasteiger partial charge is 0.320 e. The van der Waals surface area contributed by atoms with E-state index < -0.39 is 35.6 Å². The van der Waals surface area contributed by atoms with E-state index in [1.54, 1.807) is 38.1 Å². The van der Waals surface area contributed by atoms with Crippen LogP contribution in [0.4, 0.5) is 15.3 Å². The highest BCUT2D eigenvalue weighted by Gasteiger charge is 2.29. The lowest BCUT2D eigenvalue weighted by Gasteiger charge is -2.25. The third-order valence-corrected chi connectivity index (χ3v) is 6.82. The van der Waals surface area contributed by atoms with Crippen LogP contribution in [0.2, 0.25) is 0 Å². The fourth-order valence-corrected chi connectivity index (χ4v) is 4.36. The summed E-state index contributed by atoms with van der Waals surface area (Å²) in [5.74, 6) is -2.36. The van der Waals surface area contributed by atoms with E-state index in [1.807, 2.05) is 9.24 Å². The van der Waals surface area contributed by atoms with Gasteiger partial charge in [-0.15, -0.1) is 0 Å². The number of carbonyl (C=O) groups excluding carboxylic acids is 7. The number of rotatable bonds is 18. The Morgan fingerprint density at radius 3 is 2.16 bits per heavy atom. The summed E-state index contributed by atoms with van der Waals surface area (Å²) in [6, 6.07) is 4.02. The minimum absolute atomic E-state index is 0.0722. The Labute approximate surface area is 258 Å². The van der Waals surface area contributed by atoms with Crippen molar-refractivity contribution in [2.45, 2.75) is 71.1 Å². The molecule has 0 bridgehead atoms. The second kappa shape index (κ2) is 18.4. The van der Waals surface area contributed by atoms with E-state index in [9.17, 15) is 33.6 Å². The fraction of sp³-hybridized carbons (Fsp3) is 0.483. The number of amides is 7. The van der Waals surface area contributed by atoms with Crippen molar-refractivity contribution in [2.75, 3.05) is 18.4 Å². The molecule has 2 rings (SSSR count). The lowest BCUT2D eigenvalue weighted by Crippen LogP contribution is -2.54. The molecule has 1 aromatic carbocycles. The van der Waals surface area contributed by atoms with Gasteiger partial charge in [0.2, 0.25) is 17.7 Å². The largest absolute Gasteiger partial charge is 0.458 e. The summed E-state index contributed by atoms with van der Waals surface area (Å²) in [6.45, 7) is 4.08. The maximum Gasteiger partial charge on any atom is 0.320 e. The van der Waals surface area contributed by atoms with Crippen LogP contribution < -0.4 is 27.0 Å². The Morgan fingerprint density at radius 2 is 1.57 bits per heavy atom. The Bertz CT molecular complexity index is 1220. The molecule has 3 atom stereocenters. The first-order chi connectivity index (χ1) is 20.9. The highest BCUT2D eigenvalue weighted by atomic mass is 31.0. The number of hydrogen-bond acceptors (Lipinski definition) is 8. The van der Waals surface area contributed by atoms with Gasteiger partial charge in [0.15, 0.2) is 0 Å². The Kier molecular flexibility index (Phi) is 15.0. The van der Waals surface area contributed by atoms with E-state index in [0.29, 0.717) is 36.9 Å². The van der Waals surface area contributed by atoms with Crippen molar-refractivity contribution in [3.05, 3.63) is 42.0 Å². The lowest BCUT2D eigenvalue weighted by atomic mass is 10.0. The molecule has 1 aliphatic heterocycles. The van der Waals surface area contributed by atoms with Crippen LogP contribution in [0.25, 0.3) is 0 Å². The summed E-state index contributed by atoms with van der Waals surface area (Å²) in [5, 5.41) is 10.7. The summed E-state index contributed by atoms with van der Waals surface area (Å²) in [5.41, 5.74) is 5.78. The molecule has 6 N–H and O–H groups in total. The summed E-state index contributed by atoms with van der Waals surface area (Å²) >= 11 is 0. The van der Waals surface area contributed by atoms with E-state index in [2.05, 4.69) is 21.3 Å². The van der Waals surface area contributed by atoms with Crippen LogP contribution in [-0.2, 0) is 35.3 Å². The predicted molar refractivity (Wildman–Crippen MR) is 165 cm³/mol. The van der Waals surface area contributed by atoms with Gasteiger partial charge in [0.25, 0.3) is 11.8 Å². The van der Waals surface area contributed by atoms with Crippen molar-refractivity contribution in [1.29, 1.82) is 0 Å². The highest BCUT2D eigenvalue weighted by Crippen LogP contribution is 2.14. The zero-order valence-electron chi connectivity index (χ0n) is 24.9. The van der Waals surface area contributed by atoms with Gasteiger partial charge in [0, 0.05) is 37.3 Å². The van der Waals surface area contributed by atoms with Gasteiger partial charge in [0.05, 0.1) is 0 Å². The van der Waals surface area contributed by atoms with Gasteiger partial charge in [-0.25, -0.2) is 9.59 Å². The molecular formula is C29H41N6O8P. The van der Waals surface area contributed by atoms with Crippen molar-refractivity contribution in [2.24, 2.45) is 11.7 Å². The van der Waals surface area contributed by atoms with Gasteiger partial charge in [0.1, 0.15) is 18.7 Å². The highest BCUT2D eigenvalue weighted by molar-refractivity contribution is 7.39. The van der Waals surface area contributed by atoms with Gasteiger partial charge in [-0.3, -0.25) is 28.9 Å². The van der Waals surface area contributed by atoms with Crippen LogP contribution >= 0.6 is 9.24 Å². The number of nitrogens with two attached hydrogens (primary N) is 1. The van der Waals surface area contributed by atoms with Crippen molar-refractivity contribution in [1.82, 2.24) is 20.9 Å². The van der Waals surface area contributed by atoms with Crippen molar-refractivity contribution in [3.63, 3.8) is 0 Å². The van der Waals surface area contributed by atoms with E-state index in [0.717, 1.165) is 4.90 Å². The van der Waals surface area contributed by atoms with Crippen LogP contribution in [0, 0.1) is 5.92 Å². The first-order valence-corrected chi connectivity index (χ1v) is 14.9. The SMILES string of the molecule is CC(C)[C@H](NC(=O)CCCCCN1C(=O)C=CC1=O)C(=O)N[C@@H](CCCNC(N)=O)C(=O)Nc1ccc(COC(=O)P)cc1. The van der Waals surface area contributed by atoms with E-state index >= 15 is 0 Å². The summed E-state index contributed by atoms with van der Waals surface area (Å²) in [4.78, 5) is 85.5. The van der Waals surface area contributed by atoms with Gasteiger partial charge in [-0.05, 0) is 58.5 Å². The fourth-order valence-electron chi connectivity index (χ4n) is 4.28. The number of carbonyl (C=O) groups is 7. The molecule has 240 valence electrons. The minimum Gasteiger partial charge on any atom is -0.458 e. The Hall–Kier alpha value is -4.32. The van der Waals surface area contributed by atoms with Crippen molar-refractivity contribution in [3.8, 4) is 0 Å². The van der Waals surface area contributed by atoms with E-state index in [4.69, 9.17) is 10.5 Å². The lowest BCUT2D eigenvalue weighted by molar-refractivity contribution is -0.137. The monoisotopic (exact) mass is 632 g/mol. The number of nitrogens with one attached hydrogen (secondary N) is 4. The van der Waals surface area contributed by atoms with Gasteiger partial charge >= 0.3 is 11.7 Å². The first kappa shape index (κ1) is 35.9. The molecule has 44 heavy (non-hydrogen) atoms. The molecule has 0 spiro atoms. The zero-order valence-corrected chi connectivity index (χ0v) is 26.1. The van der Waals surface area contributed by atoms with Crippen LogP contribution in [0.15, 0.2) is 36.4 Å². The topological polar surface area (TPSA) is 206 Å². The van der Waals surface area contributed by atoms with Crippen molar-refractivity contribution < 1.29 is 38.3 Å². The summed E-state index contributed by atoms with van der Waals surface area (Å²) in [7, 11) is 1.92. The number of ether oxygens (including phenoxy) is 1. The predicted octanol–water partition coefficient (Wildman–Crippen LogP) is 1.70. The second-order valence-electron chi connectivity index (χ2n) is 10.5. The number of anilines is 1. The Morgan fingerprint density at radius 1 is 0.909 bits per heavy atom. The third kappa shape index (κ3) is 12.9. The number of hydrogen-bond donors (Lipinski definition) is 5. The maximum absolute atomic E-state index is 13.3. The average Bonchev–Trinajstić information content (AvgIpc) is 3.28. The van der Waals surface area contributed by atoms with E-state index in [-0.39, 0.29) is 56.2 Å². The first-order valence-electron chi connectivity index (χ1n) is 14.4. The standard InChI is InChI=1S/C29H41N6O8P/c1-18(2)25(34-22(36)8-4-3-5-16-35-23(37)13-14-24(35)38)27(40)33-21(7-6-15-31-28(30)41)26(39)32-20-11-9-19(10-12-20)17-43-29(42)44/h9-14,18,21,25H,3-8,15-17,44H2,1-2H3,(H,32,39)(H,33,40)(H,34,36)(H3,30,31,41)/t21-,25-/m0/s1. The summed E-state index contributed by atoms with van der Waals surface area (Å²) < 4.78 is 4.92.